The number of pyridine rings is 1. The first kappa shape index (κ1) is 25.6. The third-order valence-electron chi connectivity index (χ3n) is 5.07. The first-order valence-electron chi connectivity index (χ1n) is 10.3. The number of halogens is 3. The van der Waals surface area contributed by atoms with Crippen molar-refractivity contribution in [2.24, 2.45) is 5.73 Å². The molecular formula is C22H19F3N4O5S2. The summed E-state index contributed by atoms with van der Waals surface area (Å²) in [7, 11) is -3.68. The van der Waals surface area contributed by atoms with Gasteiger partial charge in [-0.1, -0.05) is 18.2 Å². The van der Waals surface area contributed by atoms with Gasteiger partial charge < -0.3 is 10.5 Å². The van der Waals surface area contributed by atoms with Crippen molar-refractivity contribution >= 4 is 38.4 Å². The fraction of sp³-hybridized carbons (Fsp3) is 0.227. The van der Waals surface area contributed by atoms with E-state index in [1.807, 2.05) is 0 Å². The Hall–Kier alpha value is -3.49. The first-order valence-corrected chi connectivity index (χ1v) is 12.9. The van der Waals surface area contributed by atoms with Crippen LogP contribution in [-0.2, 0) is 27.1 Å². The van der Waals surface area contributed by atoms with Crippen LogP contribution in [0, 0.1) is 0 Å². The number of rotatable bonds is 8. The minimum atomic E-state index is -4.58. The van der Waals surface area contributed by atoms with Gasteiger partial charge in [0.15, 0.2) is 0 Å². The highest BCUT2D eigenvalue weighted by Crippen LogP contribution is 2.39. The molecule has 0 saturated carbocycles. The molecule has 0 spiro atoms. The highest BCUT2D eigenvalue weighted by atomic mass is 32.2. The molecule has 0 bridgehead atoms. The van der Waals surface area contributed by atoms with Gasteiger partial charge in [0.05, 0.1) is 29.2 Å². The van der Waals surface area contributed by atoms with E-state index in [1.54, 1.807) is 10.6 Å². The number of alkyl halides is 3. The van der Waals surface area contributed by atoms with Gasteiger partial charge in [0, 0.05) is 11.6 Å². The van der Waals surface area contributed by atoms with E-state index in [-0.39, 0.29) is 22.8 Å². The molecule has 0 unspecified atom stereocenters. The number of ether oxygens (including phenoxy) is 1. The van der Waals surface area contributed by atoms with Crippen LogP contribution in [0.3, 0.4) is 0 Å². The molecule has 4 rings (SSSR count). The molecule has 1 aromatic carbocycles. The summed E-state index contributed by atoms with van der Waals surface area (Å²) >= 11 is 0.964. The molecule has 0 aliphatic rings. The van der Waals surface area contributed by atoms with Gasteiger partial charge in [-0.2, -0.15) is 21.6 Å². The Morgan fingerprint density at radius 3 is 2.61 bits per heavy atom. The summed E-state index contributed by atoms with van der Waals surface area (Å²) in [5.74, 6) is -0.797. The smallest absolute Gasteiger partial charge is 0.416 e. The lowest BCUT2D eigenvalue weighted by molar-refractivity contribution is -0.139. The Labute approximate surface area is 207 Å². The number of thiophene rings is 1. The van der Waals surface area contributed by atoms with Crippen LogP contribution in [-0.4, -0.2) is 35.1 Å². The van der Waals surface area contributed by atoms with Crippen LogP contribution < -0.4 is 10.5 Å². The lowest BCUT2D eigenvalue weighted by Gasteiger charge is -2.19. The molecule has 0 radical (unpaired) electrons. The molecule has 2 N–H and O–H groups in total. The second-order valence-corrected chi connectivity index (χ2v) is 10.4. The van der Waals surface area contributed by atoms with Gasteiger partial charge in [0.25, 0.3) is 16.0 Å². The molecule has 14 heteroatoms. The molecule has 9 nitrogen and oxygen atoms in total. The molecule has 1 atom stereocenters. The van der Waals surface area contributed by atoms with E-state index >= 15 is 0 Å². The van der Waals surface area contributed by atoms with Crippen LogP contribution in [0.4, 0.5) is 13.2 Å². The zero-order chi connectivity index (χ0) is 26.3. The van der Waals surface area contributed by atoms with Crippen molar-refractivity contribution in [1.82, 2.24) is 14.5 Å². The molecule has 3 aromatic heterocycles. The number of hydrogen-bond acceptors (Lipinski definition) is 8. The van der Waals surface area contributed by atoms with Gasteiger partial charge in [0.2, 0.25) is 0 Å². The van der Waals surface area contributed by atoms with Crippen molar-refractivity contribution in [2.75, 3.05) is 6.26 Å². The number of amides is 1. The summed E-state index contributed by atoms with van der Waals surface area (Å²) in [6, 6.07) is 8.06. The molecule has 1 amide bonds. The molecule has 190 valence electrons. The van der Waals surface area contributed by atoms with Gasteiger partial charge in [-0.15, -0.1) is 11.3 Å². The summed E-state index contributed by atoms with van der Waals surface area (Å²) < 4.78 is 75.1. The normalized spacial score (nSPS) is 13.1. The highest BCUT2D eigenvalue weighted by Gasteiger charge is 2.35. The molecule has 3 heterocycles. The van der Waals surface area contributed by atoms with Gasteiger partial charge >= 0.3 is 6.18 Å². The summed E-state index contributed by atoms with van der Waals surface area (Å²) in [6.07, 6.45) is -1.82. The highest BCUT2D eigenvalue weighted by molar-refractivity contribution is 7.85. The number of nitrogens with zero attached hydrogens (tertiary/aromatic N) is 3. The first-order chi connectivity index (χ1) is 16.8. The van der Waals surface area contributed by atoms with Crippen molar-refractivity contribution in [3.63, 3.8) is 0 Å². The maximum absolute atomic E-state index is 13.5. The standard InChI is InChI=1S/C22H19F3N4O5S2/c1-12(14-5-3-4-6-15(14)22(23,24)25)34-18-8-19(35-20(18)21(26)30)29-11-28-16-9-27-13(7-17(16)29)10-33-36(2,31)32/h3-9,11-12H,10H2,1-2H3,(H2,26,30)/t12-/m0/s1. The van der Waals surface area contributed by atoms with Gasteiger partial charge in [-0.25, -0.2) is 4.98 Å². The molecule has 0 aliphatic heterocycles. The van der Waals surface area contributed by atoms with E-state index in [0.717, 1.165) is 23.7 Å². The van der Waals surface area contributed by atoms with Crippen molar-refractivity contribution < 1.29 is 35.3 Å². The lowest BCUT2D eigenvalue weighted by atomic mass is 10.0. The fourth-order valence-electron chi connectivity index (χ4n) is 3.48. The fourth-order valence-corrected chi connectivity index (χ4v) is 4.74. The van der Waals surface area contributed by atoms with Crippen molar-refractivity contribution in [3.05, 3.63) is 70.6 Å². The topological polar surface area (TPSA) is 126 Å². The number of aromatic nitrogens is 3. The van der Waals surface area contributed by atoms with Crippen LogP contribution in [0.25, 0.3) is 16.0 Å². The van der Waals surface area contributed by atoms with E-state index < -0.39 is 33.9 Å². The minimum Gasteiger partial charge on any atom is -0.484 e. The minimum absolute atomic E-state index is 0.0119. The van der Waals surface area contributed by atoms with E-state index in [9.17, 15) is 26.4 Å². The van der Waals surface area contributed by atoms with Crippen LogP contribution in [0.5, 0.6) is 5.75 Å². The number of carbonyl (C=O) groups excluding carboxylic acids is 1. The van der Waals surface area contributed by atoms with E-state index in [2.05, 4.69) is 9.97 Å². The van der Waals surface area contributed by atoms with Crippen molar-refractivity contribution in [3.8, 4) is 10.8 Å². The summed E-state index contributed by atoms with van der Waals surface area (Å²) in [5, 5.41) is 0.443. The van der Waals surface area contributed by atoms with Gasteiger partial charge in [-0.05, 0) is 19.1 Å². The molecular weight excluding hydrogens is 521 g/mol. The lowest BCUT2D eigenvalue weighted by Crippen LogP contribution is -2.15. The average Bonchev–Trinajstić information content (AvgIpc) is 3.40. The van der Waals surface area contributed by atoms with Gasteiger partial charge in [0.1, 0.15) is 40.2 Å². The zero-order valence-corrected chi connectivity index (χ0v) is 20.4. The number of hydrogen-bond donors (Lipinski definition) is 1. The average molecular weight is 541 g/mol. The Morgan fingerprint density at radius 1 is 1.22 bits per heavy atom. The molecule has 4 aromatic rings. The van der Waals surface area contributed by atoms with Crippen LogP contribution in [0.15, 0.2) is 48.9 Å². The largest absolute Gasteiger partial charge is 0.484 e. The predicted molar refractivity (Wildman–Crippen MR) is 125 cm³/mol. The number of carbonyl (C=O) groups is 1. The predicted octanol–water partition coefficient (Wildman–Crippen LogP) is 4.22. The zero-order valence-electron chi connectivity index (χ0n) is 18.8. The number of primary amides is 1. The summed E-state index contributed by atoms with van der Waals surface area (Å²) in [4.78, 5) is 20.5. The van der Waals surface area contributed by atoms with E-state index in [0.29, 0.717) is 21.7 Å². The summed E-state index contributed by atoms with van der Waals surface area (Å²) in [6.45, 7) is 1.15. The Balaban J connectivity index is 1.70. The maximum Gasteiger partial charge on any atom is 0.416 e. The SMILES string of the molecule is C[C@H](Oc1cc(-n2cnc3cnc(COS(C)(=O)=O)cc32)sc1C(N)=O)c1ccccc1C(F)(F)F. The summed E-state index contributed by atoms with van der Waals surface area (Å²) in [5.41, 5.74) is 5.89. The quantitative estimate of drug-likeness (QED) is 0.332. The van der Waals surface area contributed by atoms with Crippen LogP contribution in [0.2, 0.25) is 0 Å². The van der Waals surface area contributed by atoms with Gasteiger partial charge in [-0.3, -0.25) is 18.5 Å². The van der Waals surface area contributed by atoms with Crippen molar-refractivity contribution in [1.29, 1.82) is 0 Å². The molecule has 36 heavy (non-hydrogen) atoms. The Kier molecular flexibility index (Phi) is 6.77. The second kappa shape index (κ2) is 9.52. The molecule has 0 saturated heterocycles. The maximum atomic E-state index is 13.5. The van der Waals surface area contributed by atoms with Crippen molar-refractivity contribution in [2.45, 2.75) is 25.8 Å². The Morgan fingerprint density at radius 2 is 1.94 bits per heavy atom. The van der Waals surface area contributed by atoms with E-state index in [1.165, 1.54) is 43.7 Å². The number of benzene rings is 1. The van der Waals surface area contributed by atoms with E-state index in [4.69, 9.17) is 14.7 Å². The van der Waals surface area contributed by atoms with Crippen LogP contribution >= 0.6 is 11.3 Å². The molecule has 0 fully saturated rings. The number of nitrogens with two attached hydrogens (primary N) is 1. The van der Waals surface area contributed by atoms with Crippen LogP contribution in [0.1, 0.15) is 39.5 Å². The third kappa shape index (κ3) is 5.50. The third-order valence-corrected chi connectivity index (χ3v) is 6.74. The monoisotopic (exact) mass is 540 g/mol. The molecule has 0 aliphatic carbocycles. The second-order valence-electron chi connectivity index (χ2n) is 7.73. The Bertz CT molecular complexity index is 1550. The number of imidazole rings is 1. The number of fused-ring (bicyclic) bond motifs is 1.